The maximum absolute atomic E-state index is 11.6. The maximum Gasteiger partial charge on any atom is 0.222 e. The van der Waals surface area contributed by atoms with Gasteiger partial charge in [-0.15, -0.1) is 0 Å². The molecule has 2 N–H and O–H groups in total. The van der Waals surface area contributed by atoms with E-state index in [1.807, 2.05) is 45.0 Å². The number of amides is 2. The summed E-state index contributed by atoms with van der Waals surface area (Å²) < 4.78 is 5.58. The van der Waals surface area contributed by atoms with Crippen molar-refractivity contribution in [3.05, 3.63) is 29.8 Å². The quantitative estimate of drug-likeness (QED) is 0.686. The molecule has 0 atom stereocenters. The first-order valence-electron chi connectivity index (χ1n) is 7.73. The molecule has 5 nitrogen and oxygen atoms in total. The Balaban J connectivity index is 2.05. The summed E-state index contributed by atoms with van der Waals surface area (Å²) in [6.45, 7) is 7.11. The highest BCUT2D eigenvalue weighted by Gasteiger charge is 2.06. The van der Waals surface area contributed by atoms with Crippen molar-refractivity contribution < 1.29 is 14.3 Å². The van der Waals surface area contributed by atoms with Crippen LogP contribution in [0.5, 0.6) is 5.75 Å². The van der Waals surface area contributed by atoms with Crippen LogP contribution in [0.2, 0.25) is 0 Å². The first-order chi connectivity index (χ1) is 10.5. The largest absolute Gasteiger partial charge is 0.494 e. The van der Waals surface area contributed by atoms with Crippen LogP contribution in [0.25, 0.3) is 0 Å². The Morgan fingerprint density at radius 3 is 2.59 bits per heavy atom. The van der Waals surface area contributed by atoms with Crippen molar-refractivity contribution in [2.75, 3.05) is 19.7 Å². The molecule has 0 radical (unpaired) electrons. The van der Waals surface area contributed by atoms with E-state index in [2.05, 4.69) is 10.6 Å². The van der Waals surface area contributed by atoms with Crippen molar-refractivity contribution in [3.8, 4) is 5.75 Å². The molecule has 0 saturated carbocycles. The van der Waals surface area contributed by atoms with E-state index in [9.17, 15) is 9.59 Å². The molecule has 2 amide bonds. The summed E-state index contributed by atoms with van der Waals surface area (Å²) in [4.78, 5) is 22.9. The Labute approximate surface area is 132 Å². The van der Waals surface area contributed by atoms with Crippen LogP contribution in [0.15, 0.2) is 24.3 Å². The van der Waals surface area contributed by atoms with Gasteiger partial charge in [-0.3, -0.25) is 9.59 Å². The predicted molar refractivity (Wildman–Crippen MR) is 86.8 cm³/mol. The SMILES string of the molecule is Cc1cccc(OCCCC(=O)NCCNC(=O)C(C)C)c1. The molecule has 0 heterocycles. The van der Waals surface area contributed by atoms with E-state index in [-0.39, 0.29) is 17.7 Å². The van der Waals surface area contributed by atoms with Crippen LogP contribution >= 0.6 is 0 Å². The lowest BCUT2D eigenvalue weighted by atomic mass is 10.2. The molecule has 0 unspecified atom stereocenters. The highest BCUT2D eigenvalue weighted by atomic mass is 16.5. The van der Waals surface area contributed by atoms with Crippen LogP contribution in [0.1, 0.15) is 32.3 Å². The minimum atomic E-state index is -0.0329. The van der Waals surface area contributed by atoms with Crippen LogP contribution in [0.4, 0.5) is 0 Å². The number of benzene rings is 1. The molecule has 0 saturated heterocycles. The van der Waals surface area contributed by atoms with Gasteiger partial charge in [-0.25, -0.2) is 0 Å². The van der Waals surface area contributed by atoms with Crippen molar-refractivity contribution in [1.82, 2.24) is 10.6 Å². The van der Waals surface area contributed by atoms with Crippen LogP contribution in [-0.4, -0.2) is 31.5 Å². The summed E-state index contributed by atoms with van der Waals surface area (Å²) in [5, 5.41) is 5.53. The Morgan fingerprint density at radius 2 is 1.91 bits per heavy atom. The number of hydrogen-bond acceptors (Lipinski definition) is 3. The molecule has 0 bridgehead atoms. The Kier molecular flexibility index (Phi) is 8.04. The van der Waals surface area contributed by atoms with E-state index in [1.165, 1.54) is 0 Å². The topological polar surface area (TPSA) is 67.4 Å². The molecule has 122 valence electrons. The number of aryl methyl sites for hydroxylation is 1. The second-order valence-corrected chi connectivity index (χ2v) is 5.56. The van der Waals surface area contributed by atoms with Crippen LogP contribution in [0.3, 0.4) is 0 Å². The zero-order valence-corrected chi connectivity index (χ0v) is 13.6. The number of rotatable bonds is 9. The standard InChI is InChI=1S/C17H26N2O3/c1-13(2)17(21)19-10-9-18-16(20)8-5-11-22-15-7-4-6-14(3)12-15/h4,6-7,12-13H,5,8-11H2,1-3H3,(H,18,20)(H,19,21). The number of carbonyl (C=O) groups is 2. The van der Waals surface area contributed by atoms with Crippen molar-refractivity contribution in [3.63, 3.8) is 0 Å². The fraction of sp³-hybridized carbons (Fsp3) is 0.529. The summed E-state index contributed by atoms with van der Waals surface area (Å²) in [6, 6.07) is 7.84. The van der Waals surface area contributed by atoms with Gasteiger partial charge in [-0.2, -0.15) is 0 Å². The predicted octanol–water partition coefficient (Wildman–Crippen LogP) is 2.04. The van der Waals surface area contributed by atoms with Crippen LogP contribution in [-0.2, 0) is 9.59 Å². The Bertz CT molecular complexity index is 487. The summed E-state index contributed by atoms with van der Waals surface area (Å²) in [5.74, 6) is 0.777. The Hall–Kier alpha value is -2.04. The molecule has 0 aliphatic carbocycles. The maximum atomic E-state index is 11.6. The van der Waals surface area contributed by atoms with E-state index < -0.39 is 0 Å². The Morgan fingerprint density at radius 1 is 1.18 bits per heavy atom. The summed E-state index contributed by atoms with van der Waals surface area (Å²) in [5.41, 5.74) is 1.15. The molecule has 1 rings (SSSR count). The zero-order chi connectivity index (χ0) is 16.4. The molecule has 5 heteroatoms. The van der Waals surface area contributed by atoms with Gasteiger partial charge in [0.25, 0.3) is 0 Å². The fourth-order valence-electron chi connectivity index (χ4n) is 1.81. The van der Waals surface area contributed by atoms with Gasteiger partial charge in [-0.05, 0) is 31.0 Å². The number of hydrogen-bond donors (Lipinski definition) is 2. The fourth-order valence-corrected chi connectivity index (χ4v) is 1.81. The highest BCUT2D eigenvalue weighted by Crippen LogP contribution is 2.12. The molecule has 0 aromatic heterocycles. The molecule has 1 aromatic carbocycles. The lowest BCUT2D eigenvalue weighted by molar-refractivity contribution is -0.124. The van der Waals surface area contributed by atoms with Gasteiger partial charge in [0.15, 0.2) is 0 Å². The first kappa shape index (κ1) is 18.0. The van der Waals surface area contributed by atoms with Crippen molar-refractivity contribution in [1.29, 1.82) is 0 Å². The van der Waals surface area contributed by atoms with Crippen molar-refractivity contribution >= 4 is 11.8 Å². The summed E-state index contributed by atoms with van der Waals surface area (Å²) in [7, 11) is 0. The number of carbonyl (C=O) groups excluding carboxylic acids is 2. The minimum Gasteiger partial charge on any atom is -0.494 e. The normalized spacial score (nSPS) is 10.4. The average Bonchev–Trinajstić information content (AvgIpc) is 2.48. The average molecular weight is 306 g/mol. The lowest BCUT2D eigenvalue weighted by Gasteiger charge is -2.09. The summed E-state index contributed by atoms with van der Waals surface area (Å²) in [6.07, 6.45) is 1.09. The molecule has 0 aliphatic heterocycles. The van der Waals surface area contributed by atoms with Crippen molar-refractivity contribution in [2.24, 2.45) is 5.92 Å². The van der Waals surface area contributed by atoms with E-state index in [4.69, 9.17) is 4.74 Å². The zero-order valence-electron chi connectivity index (χ0n) is 13.6. The summed E-state index contributed by atoms with van der Waals surface area (Å²) >= 11 is 0. The second-order valence-electron chi connectivity index (χ2n) is 5.56. The van der Waals surface area contributed by atoms with E-state index in [1.54, 1.807) is 0 Å². The highest BCUT2D eigenvalue weighted by molar-refractivity contribution is 5.78. The van der Waals surface area contributed by atoms with E-state index in [0.717, 1.165) is 11.3 Å². The molecule has 0 fully saturated rings. The van der Waals surface area contributed by atoms with Crippen molar-refractivity contribution in [2.45, 2.75) is 33.6 Å². The second kappa shape index (κ2) is 9.82. The van der Waals surface area contributed by atoms with Gasteiger partial charge >= 0.3 is 0 Å². The minimum absolute atomic E-state index is 0.000744. The third-order valence-corrected chi connectivity index (χ3v) is 3.08. The third-order valence-electron chi connectivity index (χ3n) is 3.08. The van der Waals surface area contributed by atoms with Crippen LogP contribution in [0, 0.1) is 12.8 Å². The van der Waals surface area contributed by atoms with Gasteiger partial charge in [0.1, 0.15) is 5.75 Å². The molecule has 22 heavy (non-hydrogen) atoms. The molecular formula is C17H26N2O3. The van der Waals surface area contributed by atoms with Crippen LogP contribution < -0.4 is 15.4 Å². The third kappa shape index (κ3) is 7.67. The lowest BCUT2D eigenvalue weighted by Crippen LogP contribution is -2.36. The molecule has 0 spiro atoms. The smallest absolute Gasteiger partial charge is 0.222 e. The van der Waals surface area contributed by atoms with Gasteiger partial charge in [-0.1, -0.05) is 26.0 Å². The first-order valence-corrected chi connectivity index (χ1v) is 7.73. The molecular weight excluding hydrogens is 280 g/mol. The van der Waals surface area contributed by atoms with E-state index in [0.29, 0.717) is 32.5 Å². The molecule has 1 aromatic rings. The number of nitrogens with one attached hydrogen (secondary N) is 2. The number of ether oxygens (including phenoxy) is 1. The van der Waals surface area contributed by atoms with E-state index >= 15 is 0 Å². The van der Waals surface area contributed by atoms with Gasteiger partial charge in [0.05, 0.1) is 6.61 Å². The van der Waals surface area contributed by atoms with Gasteiger partial charge in [0, 0.05) is 25.4 Å². The monoisotopic (exact) mass is 306 g/mol. The van der Waals surface area contributed by atoms with Gasteiger partial charge < -0.3 is 15.4 Å². The van der Waals surface area contributed by atoms with Gasteiger partial charge in [0.2, 0.25) is 11.8 Å². The molecule has 0 aliphatic rings.